The molecule has 176 valence electrons. The first kappa shape index (κ1) is 21.6. The molecule has 1 aliphatic carbocycles. The molecule has 0 amide bonds. The van der Waals surface area contributed by atoms with E-state index in [-0.39, 0.29) is 23.3 Å². The van der Waals surface area contributed by atoms with Crippen molar-refractivity contribution in [1.82, 2.24) is 15.0 Å². The minimum atomic E-state index is -0.390. The van der Waals surface area contributed by atoms with Gasteiger partial charge in [0.2, 0.25) is 0 Å². The fourth-order valence-corrected chi connectivity index (χ4v) is 4.78. The van der Waals surface area contributed by atoms with Crippen LogP contribution in [0.2, 0.25) is 0 Å². The molecule has 2 aliphatic rings. The summed E-state index contributed by atoms with van der Waals surface area (Å²) in [6.07, 6.45) is 3.42. The van der Waals surface area contributed by atoms with Gasteiger partial charge >= 0.3 is 5.97 Å². The molecule has 1 atom stereocenters. The standard InChI is InChI=1S/C27H24FN5O2/c28-19-10-23(21-7-6-18-14-30-20(13-29)12-22(18)31-21)32-25(11-19)33-15-24(27(16-33)8-9-27)35-26(34)17-4-2-1-3-5-17/h1-7,10-12,14,24H,8-9,13,15-16,29H2. The van der Waals surface area contributed by atoms with E-state index in [9.17, 15) is 9.18 Å². The van der Waals surface area contributed by atoms with Gasteiger partial charge in [0.05, 0.1) is 34.7 Å². The van der Waals surface area contributed by atoms with Gasteiger partial charge in [-0.2, -0.15) is 0 Å². The third kappa shape index (κ3) is 4.10. The normalized spacial score (nSPS) is 18.2. The van der Waals surface area contributed by atoms with Gasteiger partial charge in [-0.3, -0.25) is 4.98 Å². The maximum atomic E-state index is 14.7. The van der Waals surface area contributed by atoms with Crippen LogP contribution in [0, 0.1) is 11.2 Å². The van der Waals surface area contributed by atoms with Crippen molar-refractivity contribution >= 4 is 22.7 Å². The SMILES string of the molecule is NCc1cc2nc(-c3cc(F)cc(N4CC(OC(=O)c5ccccc5)C5(CC5)C4)n3)ccc2cn1. The summed E-state index contributed by atoms with van der Waals surface area (Å²) in [7, 11) is 0. The van der Waals surface area contributed by atoms with Crippen LogP contribution in [0.4, 0.5) is 10.2 Å². The molecule has 1 unspecified atom stereocenters. The molecule has 6 rings (SSSR count). The van der Waals surface area contributed by atoms with E-state index in [0.29, 0.717) is 42.4 Å². The first-order valence-corrected chi connectivity index (χ1v) is 11.7. The van der Waals surface area contributed by atoms with E-state index in [2.05, 4.69) is 9.97 Å². The minimum absolute atomic E-state index is 0.0918. The van der Waals surface area contributed by atoms with E-state index >= 15 is 0 Å². The molecule has 4 heterocycles. The van der Waals surface area contributed by atoms with Crippen LogP contribution in [0.25, 0.3) is 22.3 Å². The Morgan fingerprint density at radius 2 is 1.91 bits per heavy atom. The highest BCUT2D eigenvalue weighted by Gasteiger charge is 2.57. The first-order chi connectivity index (χ1) is 17.0. The molecule has 2 fully saturated rings. The van der Waals surface area contributed by atoms with Gasteiger partial charge in [-0.05, 0) is 43.2 Å². The van der Waals surface area contributed by atoms with Gasteiger partial charge in [0, 0.05) is 42.2 Å². The van der Waals surface area contributed by atoms with Crippen LogP contribution in [0.15, 0.2) is 66.9 Å². The Morgan fingerprint density at radius 1 is 1.09 bits per heavy atom. The number of esters is 1. The summed E-state index contributed by atoms with van der Waals surface area (Å²) in [5.74, 6) is -0.203. The number of ether oxygens (including phenoxy) is 1. The zero-order valence-electron chi connectivity index (χ0n) is 19.0. The summed E-state index contributed by atoms with van der Waals surface area (Å²) in [5, 5.41) is 0.876. The smallest absolute Gasteiger partial charge is 0.338 e. The molecule has 3 aromatic heterocycles. The Labute approximate surface area is 201 Å². The lowest BCUT2D eigenvalue weighted by Crippen LogP contribution is -2.28. The van der Waals surface area contributed by atoms with E-state index in [1.807, 2.05) is 41.3 Å². The number of hydrogen-bond donors (Lipinski definition) is 1. The van der Waals surface area contributed by atoms with Crippen molar-refractivity contribution in [3.8, 4) is 11.4 Å². The van der Waals surface area contributed by atoms with Gasteiger partial charge in [-0.15, -0.1) is 0 Å². The maximum absolute atomic E-state index is 14.7. The molecule has 35 heavy (non-hydrogen) atoms. The minimum Gasteiger partial charge on any atom is -0.456 e. The number of hydrogen-bond acceptors (Lipinski definition) is 7. The summed E-state index contributed by atoms with van der Waals surface area (Å²) >= 11 is 0. The molecule has 1 aromatic carbocycles. The van der Waals surface area contributed by atoms with Gasteiger partial charge in [-0.25, -0.2) is 19.2 Å². The largest absolute Gasteiger partial charge is 0.456 e. The molecule has 8 heteroatoms. The molecule has 1 spiro atoms. The van der Waals surface area contributed by atoms with E-state index in [4.69, 9.17) is 15.5 Å². The third-order valence-corrected chi connectivity index (χ3v) is 6.93. The second-order valence-corrected chi connectivity index (χ2v) is 9.30. The molecule has 7 nitrogen and oxygen atoms in total. The predicted octanol–water partition coefficient (Wildman–Crippen LogP) is 4.12. The van der Waals surface area contributed by atoms with Crippen LogP contribution >= 0.6 is 0 Å². The van der Waals surface area contributed by atoms with E-state index in [0.717, 1.165) is 29.4 Å². The maximum Gasteiger partial charge on any atom is 0.338 e. The summed E-state index contributed by atoms with van der Waals surface area (Å²) in [6.45, 7) is 1.47. The molecule has 1 aliphatic heterocycles. The Kier molecular flexibility index (Phi) is 5.18. The van der Waals surface area contributed by atoms with E-state index < -0.39 is 0 Å². The summed E-state index contributed by atoms with van der Waals surface area (Å²) in [6, 6.07) is 17.4. The van der Waals surface area contributed by atoms with E-state index in [1.54, 1.807) is 18.3 Å². The number of benzene rings is 1. The van der Waals surface area contributed by atoms with Crippen molar-refractivity contribution in [2.24, 2.45) is 11.1 Å². The number of aromatic nitrogens is 3. The molecule has 1 saturated carbocycles. The average molecular weight is 470 g/mol. The Hall–Kier alpha value is -3.91. The van der Waals surface area contributed by atoms with Crippen LogP contribution in [0.1, 0.15) is 28.9 Å². The summed E-state index contributed by atoms with van der Waals surface area (Å²) in [5.41, 5.74) is 8.63. The third-order valence-electron chi connectivity index (χ3n) is 6.93. The van der Waals surface area contributed by atoms with E-state index in [1.165, 1.54) is 12.1 Å². The Bertz CT molecular complexity index is 1420. The number of nitrogens with zero attached hydrogens (tertiary/aromatic N) is 4. The number of carbonyl (C=O) groups excluding carboxylic acids is 1. The molecule has 0 radical (unpaired) electrons. The van der Waals surface area contributed by atoms with Gasteiger partial charge in [0.1, 0.15) is 17.7 Å². The van der Waals surface area contributed by atoms with Crippen molar-refractivity contribution in [2.75, 3.05) is 18.0 Å². The summed E-state index contributed by atoms with van der Waals surface area (Å²) < 4.78 is 20.6. The van der Waals surface area contributed by atoms with Gasteiger partial charge in [0.25, 0.3) is 0 Å². The lowest BCUT2D eigenvalue weighted by molar-refractivity contribution is 0.0215. The monoisotopic (exact) mass is 469 g/mol. The lowest BCUT2D eigenvalue weighted by Gasteiger charge is -2.18. The van der Waals surface area contributed by atoms with Crippen molar-refractivity contribution < 1.29 is 13.9 Å². The molecule has 0 bridgehead atoms. The number of fused-ring (bicyclic) bond motifs is 1. The first-order valence-electron chi connectivity index (χ1n) is 11.7. The van der Waals surface area contributed by atoms with Crippen LogP contribution in [0.3, 0.4) is 0 Å². The average Bonchev–Trinajstić information content (AvgIpc) is 3.58. The number of halogens is 1. The number of anilines is 1. The number of pyridine rings is 3. The molecular formula is C27H24FN5O2. The molecule has 2 N–H and O–H groups in total. The van der Waals surface area contributed by atoms with Crippen molar-refractivity contribution in [2.45, 2.75) is 25.5 Å². The Morgan fingerprint density at radius 3 is 2.69 bits per heavy atom. The fraction of sp³-hybridized carbons (Fsp3) is 0.259. The van der Waals surface area contributed by atoms with Crippen LogP contribution in [-0.4, -0.2) is 40.1 Å². The number of carbonyl (C=O) groups is 1. The predicted molar refractivity (Wildman–Crippen MR) is 130 cm³/mol. The molecule has 1 saturated heterocycles. The number of rotatable bonds is 5. The van der Waals surface area contributed by atoms with Crippen molar-refractivity contribution in [3.05, 3.63) is 83.9 Å². The fourth-order valence-electron chi connectivity index (χ4n) is 4.78. The highest BCUT2D eigenvalue weighted by atomic mass is 19.1. The van der Waals surface area contributed by atoms with Gasteiger partial charge < -0.3 is 15.4 Å². The van der Waals surface area contributed by atoms with Crippen LogP contribution in [-0.2, 0) is 11.3 Å². The van der Waals surface area contributed by atoms with Crippen LogP contribution < -0.4 is 10.6 Å². The number of nitrogens with two attached hydrogens (primary N) is 1. The second kappa shape index (κ2) is 8.39. The topological polar surface area (TPSA) is 94.2 Å². The van der Waals surface area contributed by atoms with Crippen molar-refractivity contribution in [1.29, 1.82) is 0 Å². The van der Waals surface area contributed by atoms with Gasteiger partial charge in [-0.1, -0.05) is 18.2 Å². The molecule has 4 aromatic rings. The highest BCUT2D eigenvalue weighted by molar-refractivity contribution is 5.89. The zero-order chi connectivity index (χ0) is 24.0. The van der Waals surface area contributed by atoms with Gasteiger partial charge in [0.15, 0.2) is 0 Å². The Balaban J connectivity index is 1.27. The molecular weight excluding hydrogens is 445 g/mol. The summed E-state index contributed by atoms with van der Waals surface area (Å²) in [4.78, 5) is 28.4. The second-order valence-electron chi connectivity index (χ2n) is 9.30. The zero-order valence-corrected chi connectivity index (χ0v) is 19.0. The van der Waals surface area contributed by atoms with Crippen LogP contribution in [0.5, 0.6) is 0 Å². The quantitative estimate of drug-likeness (QED) is 0.440. The van der Waals surface area contributed by atoms with Crippen molar-refractivity contribution in [3.63, 3.8) is 0 Å². The highest BCUT2D eigenvalue weighted by Crippen LogP contribution is 2.54. The lowest BCUT2D eigenvalue weighted by atomic mass is 10.0.